The maximum Gasteiger partial charge on any atom is 0.0678 e. The number of thiophene rings is 1. The van der Waals surface area contributed by atoms with E-state index in [1.165, 1.54) is 20.5 Å². The van der Waals surface area contributed by atoms with E-state index in [0.717, 1.165) is 32.7 Å². The van der Waals surface area contributed by atoms with Gasteiger partial charge in [-0.1, -0.05) is 24.3 Å². The number of nitrogens with one attached hydrogen (secondary N) is 1. The van der Waals surface area contributed by atoms with E-state index in [-0.39, 0.29) is 0 Å². The van der Waals surface area contributed by atoms with Gasteiger partial charge in [-0.05, 0) is 47.0 Å². The van der Waals surface area contributed by atoms with Gasteiger partial charge < -0.3 is 10.1 Å². The van der Waals surface area contributed by atoms with Crippen LogP contribution >= 0.6 is 27.3 Å². The lowest BCUT2D eigenvalue weighted by Gasteiger charge is -2.35. The number of hydrogen-bond acceptors (Lipinski definition) is 4. The van der Waals surface area contributed by atoms with E-state index in [1.54, 1.807) is 11.3 Å². The molecule has 1 aliphatic heterocycles. The van der Waals surface area contributed by atoms with Crippen molar-refractivity contribution in [3.05, 3.63) is 56.2 Å². The number of hydrogen-bond donors (Lipinski definition) is 1. The molecule has 0 spiro atoms. The summed E-state index contributed by atoms with van der Waals surface area (Å²) in [5.41, 5.74) is 2.80. The minimum Gasteiger partial charge on any atom is -0.373 e. The van der Waals surface area contributed by atoms with Crippen LogP contribution in [-0.4, -0.2) is 30.2 Å². The Morgan fingerprint density at radius 1 is 1.17 bits per heavy atom. The molecule has 2 aromatic rings. The standard InChI is InChI=1S/C19H25BrN2OS/c1-14-10-22(11-15(2)23-14)12-17-6-4-3-5-16(17)8-21-9-19-7-18(20)13-24-19/h3-7,13-15,21H,8-12H2,1-2H3. The molecule has 24 heavy (non-hydrogen) atoms. The number of nitrogens with zero attached hydrogens (tertiary/aromatic N) is 1. The molecule has 1 aliphatic rings. The number of morpholine rings is 1. The van der Waals surface area contributed by atoms with Crippen LogP contribution in [0.4, 0.5) is 0 Å². The average molecular weight is 409 g/mol. The molecule has 3 nitrogen and oxygen atoms in total. The third kappa shape index (κ3) is 5.14. The predicted octanol–water partition coefficient (Wildman–Crippen LogP) is 4.41. The predicted molar refractivity (Wildman–Crippen MR) is 104 cm³/mol. The van der Waals surface area contributed by atoms with Crippen LogP contribution in [0, 0.1) is 0 Å². The summed E-state index contributed by atoms with van der Waals surface area (Å²) in [6, 6.07) is 10.9. The van der Waals surface area contributed by atoms with Gasteiger partial charge in [0.25, 0.3) is 0 Å². The molecule has 0 bridgehead atoms. The van der Waals surface area contributed by atoms with Gasteiger partial charge in [0.1, 0.15) is 0 Å². The van der Waals surface area contributed by atoms with Crippen molar-refractivity contribution >= 4 is 27.3 Å². The lowest BCUT2D eigenvalue weighted by atomic mass is 10.1. The summed E-state index contributed by atoms with van der Waals surface area (Å²) >= 11 is 5.30. The average Bonchev–Trinajstić information content (AvgIpc) is 2.93. The Hall–Kier alpha value is -0.720. The number of benzene rings is 1. The topological polar surface area (TPSA) is 24.5 Å². The van der Waals surface area contributed by atoms with Crippen molar-refractivity contribution in [2.45, 2.75) is 45.7 Å². The molecule has 1 aromatic heterocycles. The molecule has 2 atom stereocenters. The van der Waals surface area contributed by atoms with Crippen LogP contribution in [0.2, 0.25) is 0 Å². The maximum atomic E-state index is 5.84. The van der Waals surface area contributed by atoms with E-state index in [4.69, 9.17) is 4.74 Å². The summed E-state index contributed by atoms with van der Waals surface area (Å²) < 4.78 is 7.01. The molecule has 0 aliphatic carbocycles. The summed E-state index contributed by atoms with van der Waals surface area (Å²) in [5.74, 6) is 0. The minimum absolute atomic E-state index is 0.316. The second kappa shape index (κ2) is 8.59. The molecule has 0 amide bonds. The minimum atomic E-state index is 0.316. The van der Waals surface area contributed by atoms with E-state index in [2.05, 4.69) is 75.7 Å². The molecular formula is C19H25BrN2OS. The Labute approximate surface area is 157 Å². The van der Waals surface area contributed by atoms with Crippen molar-refractivity contribution in [3.8, 4) is 0 Å². The second-order valence-corrected chi connectivity index (χ2v) is 8.47. The van der Waals surface area contributed by atoms with Crippen molar-refractivity contribution in [1.82, 2.24) is 10.2 Å². The van der Waals surface area contributed by atoms with Gasteiger partial charge >= 0.3 is 0 Å². The van der Waals surface area contributed by atoms with Crippen molar-refractivity contribution in [1.29, 1.82) is 0 Å². The molecule has 0 radical (unpaired) electrons. The van der Waals surface area contributed by atoms with Crippen molar-refractivity contribution < 1.29 is 4.74 Å². The van der Waals surface area contributed by atoms with Crippen LogP contribution in [0.1, 0.15) is 29.9 Å². The lowest BCUT2D eigenvalue weighted by Crippen LogP contribution is -2.45. The Kier molecular flexibility index (Phi) is 6.47. The second-order valence-electron chi connectivity index (χ2n) is 6.55. The van der Waals surface area contributed by atoms with E-state index in [1.807, 2.05) is 0 Å². The van der Waals surface area contributed by atoms with Crippen LogP contribution < -0.4 is 5.32 Å². The van der Waals surface area contributed by atoms with Gasteiger partial charge in [-0.3, -0.25) is 4.90 Å². The first kappa shape index (κ1) is 18.1. The molecule has 1 fully saturated rings. The van der Waals surface area contributed by atoms with Crippen molar-refractivity contribution in [3.63, 3.8) is 0 Å². The molecular weight excluding hydrogens is 384 g/mol. The Bertz CT molecular complexity index is 650. The number of rotatable bonds is 6. The SMILES string of the molecule is CC1CN(Cc2ccccc2CNCc2cc(Br)cs2)CC(C)O1. The fourth-order valence-corrected chi connectivity index (χ4v) is 4.73. The zero-order chi connectivity index (χ0) is 16.9. The molecule has 1 saturated heterocycles. The highest BCUT2D eigenvalue weighted by molar-refractivity contribution is 9.10. The first-order chi connectivity index (χ1) is 11.6. The summed E-state index contributed by atoms with van der Waals surface area (Å²) in [7, 11) is 0. The van der Waals surface area contributed by atoms with Gasteiger partial charge in [0, 0.05) is 47.5 Å². The van der Waals surface area contributed by atoms with Crippen LogP contribution in [0.15, 0.2) is 40.2 Å². The summed E-state index contributed by atoms with van der Waals surface area (Å²) in [4.78, 5) is 3.86. The fourth-order valence-electron chi connectivity index (χ4n) is 3.31. The van der Waals surface area contributed by atoms with Crippen LogP contribution in [0.5, 0.6) is 0 Å². The summed E-state index contributed by atoms with van der Waals surface area (Å²) in [6.07, 6.45) is 0.632. The van der Waals surface area contributed by atoms with Gasteiger partial charge in [-0.25, -0.2) is 0 Å². The van der Waals surface area contributed by atoms with E-state index >= 15 is 0 Å². The Balaban J connectivity index is 1.58. The first-order valence-corrected chi connectivity index (χ1v) is 10.2. The third-order valence-electron chi connectivity index (χ3n) is 4.24. The first-order valence-electron chi connectivity index (χ1n) is 8.48. The monoisotopic (exact) mass is 408 g/mol. The van der Waals surface area contributed by atoms with Gasteiger partial charge in [0.15, 0.2) is 0 Å². The molecule has 1 N–H and O–H groups in total. The smallest absolute Gasteiger partial charge is 0.0678 e. The fraction of sp³-hybridized carbons (Fsp3) is 0.474. The number of ether oxygens (including phenoxy) is 1. The highest BCUT2D eigenvalue weighted by Crippen LogP contribution is 2.20. The zero-order valence-electron chi connectivity index (χ0n) is 14.3. The van der Waals surface area contributed by atoms with Gasteiger partial charge in [0.05, 0.1) is 12.2 Å². The molecule has 0 saturated carbocycles. The van der Waals surface area contributed by atoms with Gasteiger partial charge in [-0.2, -0.15) is 0 Å². The molecule has 2 heterocycles. The largest absolute Gasteiger partial charge is 0.373 e. The molecule has 5 heteroatoms. The maximum absolute atomic E-state index is 5.84. The van der Waals surface area contributed by atoms with E-state index < -0.39 is 0 Å². The Morgan fingerprint density at radius 3 is 2.54 bits per heavy atom. The summed E-state index contributed by atoms with van der Waals surface area (Å²) in [6.45, 7) is 9.16. The highest BCUT2D eigenvalue weighted by Gasteiger charge is 2.22. The summed E-state index contributed by atoms with van der Waals surface area (Å²) in [5, 5.41) is 5.70. The van der Waals surface area contributed by atoms with Crippen LogP contribution in [0.25, 0.3) is 0 Å². The van der Waals surface area contributed by atoms with Crippen molar-refractivity contribution in [2.24, 2.45) is 0 Å². The lowest BCUT2D eigenvalue weighted by molar-refractivity contribution is -0.0705. The Morgan fingerprint density at radius 2 is 1.88 bits per heavy atom. The van der Waals surface area contributed by atoms with Gasteiger partial charge in [-0.15, -0.1) is 11.3 Å². The molecule has 3 rings (SSSR count). The van der Waals surface area contributed by atoms with Crippen molar-refractivity contribution in [2.75, 3.05) is 13.1 Å². The molecule has 2 unspecified atom stereocenters. The quantitative estimate of drug-likeness (QED) is 0.765. The zero-order valence-corrected chi connectivity index (χ0v) is 16.7. The normalized spacial score (nSPS) is 22.0. The molecule has 1 aromatic carbocycles. The van der Waals surface area contributed by atoms with Gasteiger partial charge in [0.2, 0.25) is 0 Å². The van der Waals surface area contributed by atoms with Crippen LogP contribution in [-0.2, 0) is 24.4 Å². The van der Waals surface area contributed by atoms with Crippen LogP contribution in [0.3, 0.4) is 0 Å². The number of halogens is 1. The van der Waals surface area contributed by atoms with E-state index in [0.29, 0.717) is 12.2 Å². The highest BCUT2D eigenvalue weighted by atomic mass is 79.9. The third-order valence-corrected chi connectivity index (χ3v) is 5.94. The molecule has 130 valence electrons. The van der Waals surface area contributed by atoms with E-state index in [9.17, 15) is 0 Å².